The zero-order valence-electron chi connectivity index (χ0n) is 9.82. The Morgan fingerprint density at radius 2 is 2.21 bits per heavy atom. The van der Waals surface area contributed by atoms with Crippen LogP contribution in [0.3, 0.4) is 0 Å². The molecule has 2 aromatic heterocycles. The van der Waals surface area contributed by atoms with Crippen LogP contribution < -0.4 is 0 Å². The Kier molecular flexibility index (Phi) is 3.81. The lowest BCUT2D eigenvalue weighted by Crippen LogP contribution is -2.08. The standard InChI is InChI=1S/C10H10ClN5OS2/c11-8-7(5-17)18-10(12-8)19-9-13-14-15-16(9)6-3-1-2-4-6/h5-6H,1-4H2. The van der Waals surface area contributed by atoms with Crippen LogP contribution in [0.25, 0.3) is 0 Å². The number of nitrogens with zero attached hydrogens (tertiary/aromatic N) is 5. The molecule has 0 amide bonds. The Bertz CT molecular complexity index is 593. The van der Waals surface area contributed by atoms with E-state index in [4.69, 9.17) is 11.6 Å². The van der Waals surface area contributed by atoms with E-state index in [1.54, 1.807) is 0 Å². The largest absolute Gasteiger partial charge is 0.297 e. The summed E-state index contributed by atoms with van der Waals surface area (Å²) in [5, 5.41) is 12.7. The van der Waals surface area contributed by atoms with Crippen LogP contribution in [0.4, 0.5) is 0 Å². The van der Waals surface area contributed by atoms with Crippen LogP contribution >= 0.6 is 34.7 Å². The molecule has 9 heteroatoms. The summed E-state index contributed by atoms with van der Waals surface area (Å²) in [7, 11) is 0. The van der Waals surface area contributed by atoms with Crippen LogP contribution in [0.5, 0.6) is 0 Å². The first-order chi connectivity index (χ1) is 9.28. The maximum Gasteiger partial charge on any atom is 0.216 e. The number of aromatic nitrogens is 5. The molecule has 1 fully saturated rings. The van der Waals surface area contributed by atoms with Crippen molar-refractivity contribution in [2.45, 2.75) is 41.2 Å². The molecular formula is C10H10ClN5OS2. The molecule has 0 aliphatic heterocycles. The Morgan fingerprint density at radius 3 is 2.89 bits per heavy atom. The molecule has 0 spiro atoms. The van der Waals surface area contributed by atoms with Gasteiger partial charge in [0, 0.05) is 0 Å². The van der Waals surface area contributed by atoms with Crippen molar-refractivity contribution in [3.8, 4) is 0 Å². The smallest absolute Gasteiger partial charge is 0.216 e. The molecule has 19 heavy (non-hydrogen) atoms. The van der Waals surface area contributed by atoms with Gasteiger partial charge in [0.1, 0.15) is 4.88 Å². The van der Waals surface area contributed by atoms with E-state index in [0.717, 1.165) is 12.8 Å². The van der Waals surface area contributed by atoms with Crippen LogP contribution in [-0.2, 0) is 0 Å². The third-order valence-electron chi connectivity index (χ3n) is 3.01. The van der Waals surface area contributed by atoms with Crippen LogP contribution in [0.1, 0.15) is 41.4 Å². The molecule has 0 saturated heterocycles. The minimum absolute atomic E-state index is 0.238. The van der Waals surface area contributed by atoms with Gasteiger partial charge in [-0.3, -0.25) is 4.79 Å². The molecule has 1 aliphatic rings. The Balaban J connectivity index is 1.82. The van der Waals surface area contributed by atoms with Crippen LogP contribution in [0.2, 0.25) is 5.15 Å². The van der Waals surface area contributed by atoms with Crippen molar-refractivity contribution >= 4 is 41.0 Å². The van der Waals surface area contributed by atoms with Crippen molar-refractivity contribution in [2.75, 3.05) is 0 Å². The average Bonchev–Trinajstić information content (AvgIpc) is 3.09. The Hall–Kier alpha value is -0.990. The van der Waals surface area contributed by atoms with E-state index in [1.165, 1.54) is 35.9 Å². The summed E-state index contributed by atoms with van der Waals surface area (Å²) in [5.74, 6) is 0. The monoisotopic (exact) mass is 315 g/mol. The van der Waals surface area contributed by atoms with Gasteiger partial charge in [-0.15, -0.1) is 16.4 Å². The number of thiazole rings is 1. The molecule has 2 aromatic rings. The van der Waals surface area contributed by atoms with Gasteiger partial charge in [0.25, 0.3) is 0 Å². The van der Waals surface area contributed by atoms with Crippen LogP contribution in [-0.4, -0.2) is 31.5 Å². The highest BCUT2D eigenvalue weighted by molar-refractivity contribution is 8.00. The topological polar surface area (TPSA) is 73.6 Å². The van der Waals surface area contributed by atoms with E-state index < -0.39 is 0 Å². The fraction of sp³-hybridized carbons (Fsp3) is 0.500. The summed E-state index contributed by atoms with van der Waals surface area (Å²) >= 11 is 8.45. The number of carbonyl (C=O) groups excluding carboxylic acids is 1. The maximum atomic E-state index is 10.8. The SMILES string of the molecule is O=Cc1sc(Sc2nnnn2C2CCCC2)nc1Cl. The first kappa shape index (κ1) is 13.0. The molecule has 100 valence electrons. The first-order valence-electron chi connectivity index (χ1n) is 5.85. The number of hydrogen-bond donors (Lipinski definition) is 0. The van der Waals surface area contributed by atoms with Gasteiger partial charge in [-0.05, 0) is 35.0 Å². The van der Waals surface area contributed by atoms with Gasteiger partial charge in [-0.25, -0.2) is 9.67 Å². The van der Waals surface area contributed by atoms with Gasteiger partial charge in [-0.2, -0.15) is 0 Å². The fourth-order valence-corrected chi connectivity index (χ4v) is 4.28. The van der Waals surface area contributed by atoms with Crippen LogP contribution in [0.15, 0.2) is 9.50 Å². The molecule has 0 unspecified atom stereocenters. The van der Waals surface area contributed by atoms with Crippen LogP contribution in [0, 0.1) is 0 Å². The predicted molar refractivity (Wildman–Crippen MR) is 72.0 cm³/mol. The second-order valence-corrected chi connectivity index (χ2v) is 6.80. The van der Waals surface area contributed by atoms with Gasteiger partial charge < -0.3 is 0 Å². The van der Waals surface area contributed by atoms with Crippen molar-refractivity contribution in [3.63, 3.8) is 0 Å². The van der Waals surface area contributed by atoms with Gasteiger partial charge >= 0.3 is 0 Å². The van der Waals surface area contributed by atoms with E-state index >= 15 is 0 Å². The normalized spacial score (nSPS) is 16.1. The number of tetrazole rings is 1. The van der Waals surface area contributed by atoms with Crippen molar-refractivity contribution in [3.05, 3.63) is 10.0 Å². The van der Waals surface area contributed by atoms with Crippen molar-refractivity contribution in [2.24, 2.45) is 0 Å². The molecule has 0 atom stereocenters. The second kappa shape index (κ2) is 5.56. The lowest BCUT2D eigenvalue weighted by molar-refractivity contribution is 0.112. The maximum absolute atomic E-state index is 10.8. The summed E-state index contributed by atoms with van der Waals surface area (Å²) in [6.45, 7) is 0. The Morgan fingerprint density at radius 1 is 1.42 bits per heavy atom. The molecule has 1 aliphatic carbocycles. The third kappa shape index (κ3) is 2.65. The van der Waals surface area contributed by atoms with Gasteiger partial charge in [0.05, 0.1) is 6.04 Å². The summed E-state index contributed by atoms with van der Waals surface area (Å²) in [5.41, 5.74) is 0. The number of carbonyl (C=O) groups is 1. The third-order valence-corrected chi connectivity index (χ3v) is 5.40. The molecule has 0 radical (unpaired) electrons. The van der Waals surface area contributed by atoms with Crippen molar-refractivity contribution in [1.29, 1.82) is 0 Å². The predicted octanol–water partition coefficient (Wildman–Crippen LogP) is 2.86. The van der Waals surface area contributed by atoms with E-state index in [1.807, 2.05) is 4.68 Å². The quantitative estimate of drug-likeness (QED) is 0.808. The highest BCUT2D eigenvalue weighted by atomic mass is 35.5. The lowest BCUT2D eigenvalue weighted by Gasteiger charge is -2.09. The van der Waals surface area contributed by atoms with Gasteiger partial charge in [0.15, 0.2) is 15.8 Å². The lowest BCUT2D eigenvalue weighted by atomic mass is 10.3. The van der Waals surface area contributed by atoms with Crippen molar-refractivity contribution in [1.82, 2.24) is 25.2 Å². The first-order valence-corrected chi connectivity index (χ1v) is 7.86. The molecule has 0 N–H and O–H groups in total. The number of rotatable bonds is 4. The van der Waals surface area contributed by atoms with Crippen molar-refractivity contribution < 1.29 is 4.79 Å². The van der Waals surface area contributed by atoms with E-state index in [2.05, 4.69) is 20.5 Å². The summed E-state index contributed by atoms with van der Waals surface area (Å²) < 4.78 is 2.54. The summed E-state index contributed by atoms with van der Waals surface area (Å²) in [4.78, 5) is 15.3. The average molecular weight is 316 g/mol. The number of hydrogen-bond acceptors (Lipinski definition) is 7. The summed E-state index contributed by atoms with van der Waals surface area (Å²) in [6.07, 6.45) is 5.36. The molecular weight excluding hydrogens is 306 g/mol. The molecule has 1 saturated carbocycles. The molecule has 0 bridgehead atoms. The minimum atomic E-state index is 0.238. The minimum Gasteiger partial charge on any atom is -0.297 e. The summed E-state index contributed by atoms with van der Waals surface area (Å²) in [6, 6.07) is 0.374. The molecule has 0 aromatic carbocycles. The van der Waals surface area contributed by atoms with Gasteiger partial charge in [-0.1, -0.05) is 24.4 Å². The number of halogens is 1. The van der Waals surface area contributed by atoms with E-state index in [9.17, 15) is 4.79 Å². The zero-order valence-corrected chi connectivity index (χ0v) is 12.2. The fourth-order valence-electron chi connectivity index (χ4n) is 2.12. The van der Waals surface area contributed by atoms with E-state index in [0.29, 0.717) is 26.7 Å². The zero-order chi connectivity index (χ0) is 13.2. The molecule has 2 heterocycles. The highest BCUT2D eigenvalue weighted by Gasteiger charge is 2.23. The van der Waals surface area contributed by atoms with E-state index in [-0.39, 0.29) is 5.15 Å². The van der Waals surface area contributed by atoms with Gasteiger partial charge in [0.2, 0.25) is 5.16 Å². The highest BCUT2D eigenvalue weighted by Crippen LogP contribution is 2.36. The second-order valence-electron chi connectivity index (χ2n) is 4.20. The number of aldehydes is 1. The molecule has 6 nitrogen and oxygen atoms in total. The Labute approximate surface area is 122 Å². The molecule has 3 rings (SSSR count).